The van der Waals surface area contributed by atoms with Gasteiger partial charge in [-0.05, 0) is 0 Å². The molecule has 1 aliphatic rings. The van der Waals surface area contributed by atoms with Crippen molar-refractivity contribution in [2.24, 2.45) is 0 Å². The minimum absolute atomic E-state index is 0.824. The first-order chi connectivity index (χ1) is 7.88. The summed E-state index contributed by atoms with van der Waals surface area (Å²) in [7, 11) is 0. The Labute approximate surface area is 116 Å². The third-order valence-electron chi connectivity index (χ3n) is 2.95. The zero-order valence-corrected chi connectivity index (χ0v) is 12.9. The number of alkyl halides is 2. The second-order valence-corrected chi connectivity index (χ2v) is 9.43. The van der Waals surface area contributed by atoms with Gasteiger partial charge in [-0.2, -0.15) is 0 Å². The van der Waals surface area contributed by atoms with Crippen molar-refractivity contribution in [3.8, 4) is 0 Å². The Morgan fingerprint density at radius 3 is 2.06 bits per heavy atom. The second-order valence-electron chi connectivity index (χ2n) is 4.22. The van der Waals surface area contributed by atoms with Crippen molar-refractivity contribution in [1.82, 2.24) is 0 Å². The zero-order valence-electron chi connectivity index (χ0n) is 9.85. The molecular weight excluding hydrogens is 275 g/mol. The van der Waals surface area contributed by atoms with E-state index in [9.17, 15) is 0 Å². The summed E-state index contributed by atoms with van der Waals surface area (Å²) < 4.78 is 4.70. The van der Waals surface area contributed by atoms with E-state index in [1.807, 2.05) is 0 Å². The van der Waals surface area contributed by atoms with Crippen LogP contribution in [0, 0.1) is 0 Å². The van der Waals surface area contributed by atoms with Gasteiger partial charge in [0.1, 0.15) is 0 Å². The van der Waals surface area contributed by atoms with Crippen LogP contribution in [-0.4, -0.2) is 11.8 Å². The molecule has 0 aromatic carbocycles. The predicted octanol–water partition coefficient (Wildman–Crippen LogP) is 5.32. The molecular formula is C13H21Cl2Ti. The molecule has 0 aromatic rings. The summed E-state index contributed by atoms with van der Waals surface area (Å²) in [4.78, 5) is 0. The van der Waals surface area contributed by atoms with Crippen molar-refractivity contribution in [1.29, 1.82) is 0 Å². The quantitative estimate of drug-likeness (QED) is 0.307. The van der Waals surface area contributed by atoms with Gasteiger partial charge < -0.3 is 0 Å². The molecule has 91 valence electrons. The fraction of sp³-hybridized carbons (Fsp3) is 0.692. The first-order valence-corrected chi connectivity index (χ1v) is 10.3. The number of rotatable bonds is 9. The van der Waals surface area contributed by atoms with E-state index in [1.54, 1.807) is 3.88 Å². The average Bonchev–Trinajstić information content (AvgIpc) is 2.81. The Kier molecular flexibility index (Phi) is 9.06. The summed E-state index contributed by atoms with van der Waals surface area (Å²) in [6, 6.07) is 0. The van der Waals surface area contributed by atoms with Gasteiger partial charge in [-0.3, -0.25) is 0 Å². The molecule has 0 saturated carbocycles. The van der Waals surface area contributed by atoms with Crippen molar-refractivity contribution in [2.45, 2.75) is 41.6 Å². The molecule has 1 aliphatic carbocycles. The maximum atomic E-state index is 5.75. The molecule has 16 heavy (non-hydrogen) atoms. The third-order valence-corrected chi connectivity index (χ3v) is 8.47. The summed E-state index contributed by atoms with van der Waals surface area (Å²) in [6.07, 6.45) is 13.2. The standard InChI is InChI=1S/C5H5.2C4H8Cl.Ti/c1-2-4-5-3-1;2*1-2-3-4-5;/h1-3H,4H2;2*1-4H2;. The van der Waals surface area contributed by atoms with E-state index in [0.29, 0.717) is 0 Å². The van der Waals surface area contributed by atoms with Gasteiger partial charge in [0.05, 0.1) is 0 Å². The molecule has 3 heteroatoms. The summed E-state index contributed by atoms with van der Waals surface area (Å²) in [5.41, 5.74) is 0. The molecule has 0 N–H and O–H groups in total. The fourth-order valence-corrected chi connectivity index (χ4v) is 7.06. The summed E-state index contributed by atoms with van der Waals surface area (Å²) in [5, 5.41) is 0. The predicted molar refractivity (Wildman–Crippen MR) is 71.4 cm³/mol. The molecule has 0 amide bonds. The van der Waals surface area contributed by atoms with Gasteiger partial charge in [-0.1, -0.05) is 0 Å². The van der Waals surface area contributed by atoms with E-state index in [2.05, 4.69) is 18.2 Å². The van der Waals surface area contributed by atoms with Crippen LogP contribution in [0.15, 0.2) is 22.1 Å². The van der Waals surface area contributed by atoms with Crippen LogP contribution in [0.1, 0.15) is 32.1 Å². The van der Waals surface area contributed by atoms with Crippen molar-refractivity contribution in [3.05, 3.63) is 22.1 Å². The van der Waals surface area contributed by atoms with E-state index < -0.39 is 17.9 Å². The SMILES string of the molecule is ClCCC[CH2][Ti]([CH2]CCCCl)[C]1=CC=CC1. The molecule has 0 spiro atoms. The van der Waals surface area contributed by atoms with Crippen molar-refractivity contribution >= 4 is 23.2 Å². The van der Waals surface area contributed by atoms with Gasteiger partial charge in [-0.25, -0.2) is 0 Å². The first kappa shape index (κ1) is 14.8. The van der Waals surface area contributed by atoms with Crippen LogP contribution >= 0.6 is 23.2 Å². The van der Waals surface area contributed by atoms with Gasteiger partial charge in [0.25, 0.3) is 0 Å². The minimum atomic E-state index is -0.955. The van der Waals surface area contributed by atoms with E-state index in [-0.39, 0.29) is 0 Å². The summed E-state index contributed by atoms with van der Waals surface area (Å²) >= 11 is 10.5. The molecule has 0 saturated heterocycles. The normalized spacial score (nSPS) is 14.2. The van der Waals surface area contributed by atoms with E-state index >= 15 is 0 Å². The second kappa shape index (κ2) is 9.77. The molecule has 0 aromatic heterocycles. The van der Waals surface area contributed by atoms with Gasteiger partial charge in [-0.15, -0.1) is 0 Å². The summed E-state index contributed by atoms with van der Waals surface area (Å²) in [5.74, 6) is 1.65. The van der Waals surface area contributed by atoms with E-state index in [0.717, 1.165) is 11.8 Å². The Morgan fingerprint density at radius 2 is 1.62 bits per heavy atom. The van der Waals surface area contributed by atoms with Gasteiger partial charge >= 0.3 is 116 Å². The Hall–Kier alpha value is 0.774. The number of hydrogen-bond donors (Lipinski definition) is 0. The molecule has 0 bridgehead atoms. The monoisotopic (exact) mass is 295 g/mol. The van der Waals surface area contributed by atoms with Crippen LogP contribution in [-0.2, 0) is 17.9 Å². The number of hydrogen-bond acceptors (Lipinski definition) is 0. The maximum absolute atomic E-state index is 5.75. The Morgan fingerprint density at radius 1 is 1.00 bits per heavy atom. The molecule has 0 radical (unpaired) electrons. The van der Waals surface area contributed by atoms with Crippen molar-refractivity contribution in [2.75, 3.05) is 11.8 Å². The van der Waals surface area contributed by atoms with Crippen LogP contribution in [0.25, 0.3) is 0 Å². The van der Waals surface area contributed by atoms with Crippen LogP contribution < -0.4 is 0 Å². The molecule has 0 atom stereocenters. The molecule has 0 heterocycles. The Bertz CT molecular complexity index is 226. The summed E-state index contributed by atoms with van der Waals surface area (Å²) in [6.45, 7) is 0. The number of unbranched alkanes of at least 4 members (excludes halogenated alkanes) is 2. The topological polar surface area (TPSA) is 0 Å². The molecule has 0 fully saturated rings. The first-order valence-electron chi connectivity index (χ1n) is 6.21. The third kappa shape index (κ3) is 5.91. The van der Waals surface area contributed by atoms with Gasteiger partial charge in [0.15, 0.2) is 0 Å². The molecule has 1 rings (SSSR count). The fourth-order valence-electron chi connectivity index (χ4n) is 2.02. The number of halogens is 2. The van der Waals surface area contributed by atoms with E-state index in [4.69, 9.17) is 23.2 Å². The van der Waals surface area contributed by atoms with Crippen molar-refractivity contribution < 1.29 is 17.9 Å². The number of allylic oxidation sites excluding steroid dienone is 4. The van der Waals surface area contributed by atoms with Gasteiger partial charge in [0, 0.05) is 0 Å². The molecule has 0 nitrogen and oxygen atoms in total. The van der Waals surface area contributed by atoms with Crippen molar-refractivity contribution in [3.63, 3.8) is 0 Å². The van der Waals surface area contributed by atoms with Crippen LogP contribution in [0.5, 0.6) is 0 Å². The van der Waals surface area contributed by atoms with Crippen LogP contribution in [0.2, 0.25) is 9.45 Å². The van der Waals surface area contributed by atoms with Gasteiger partial charge in [0.2, 0.25) is 0 Å². The van der Waals surface area contributed by atoms with Crippen LogP contribution in [0.3, 0.4) is 0 Å². The zero-order chi connectivity index (χ0) is 11.6. The Balaban J connectivity index is 2.29. The van der Waals surface area contributed by atoms with E-state index in [1.165, 1.54) is 41.6 Å². The van der Waals surface area contributed by atoms with Crippen LogP contribution in [0.4, 0.5) is 0 Å². The average molecular weight is 296 g/mol. The molecule has 0 unspecified atom stereocenters. The molecule has 0 aliphatic heterocycles.